The summed E-state index contributed by atoms with van der Waals surface area (Å²) in [5.74, 6) is -0.0276. The van der Waals surface area contributed by atoms with Crippen LogP contribution in [0.3, 0.4) is 0 Å². The maximum Gasteiger partial charge on any atom is 0.416 e. The Morgan fingerprint density at radius 2 is 1.55 bits per heavy atom. The van der Waals surface area contributed by atoms with Crippen molar-refractivity contribution in [3.63, 3.8) is 0 Å². The van der Waals surface area contributed by atoms with Gasteiger partial charge in [0, 0.05) is 24.1 Å². The number of carbonyl (C=O) groups is 2. The monoisotopic (exact) mass is 555 g/mol. The van der Waals surface area contributed by atoms with Crippen LogP contribution in [0.25, 0.3) is 11.1 Å². The number of ether oxygens (including phenoxy) is 1. The molecule has 0 spiro atoms. The van der Waals surface area contributed by atoms with Crippen LogP contribution in [0.2, 0.25) is 0 Å². The summed E-state index contributed by atoms with van der Waals surface area (Å²) < 4.78 is 45.1. The first-order chi connectivity index (χ1) is 18.9. The molecule has 3 aromatic carbocycles. The maximum absolute atomic E-state index is 13.0. The molecule has 0 radical (unpaired) electrons. The summed E-state index contributed by atoms with van der Waals surface area (Å²) >= 11 is 0. The Morgan fingerprint density at radius 1 is 0.950 bits per heavy atom. The second-order valence-corrected chi connectivity index (χ2v) is 10.2. The molecule has 0 aliphatic heterocycles. The van der Waals surface area contributed by atoms with Crippen LogP contribution in [0.1, 0.15) is 66.6 Å². The van der Waals surface area contributed by atoms with E-state index in [0.29, 0.717) is 24.3 Å². The van der Waals surface area contributed by atoms with Gasteiger partial charge in [-0.3, -0.25) is 9.59 Å². The Kier molecular flexibility index (Phi) is 10.4. The molecule has 5 nitrogen and oxygen atoms in total. The minimum Gasteiger partial charge on any atom is -0.491 e. The summed E-state index contributed by atoms with van der Waals surface area (Å²) in [6.45, 7) is 8.46. The molecule has 0 saturated heterocycles. The van der Waals surface area contributed by atoms with Crippen LogP contribution in [0.15, 0.2) is 60.7 Å². The number of alkyl halides is 3. The topological polar surface area (TPSA) is 75.6 Å². The fourth-order valence-electron chi connectivity index (χ4n) is 4.62. The molecule has 0 unspecified atom stereocenters. The summed E-state index contributed by atoms with van der Waals surface area (Å²) in [6, 6.07) is 16.1. The van der Waals surface area contributed by atoms with E-state index in [1.807, 2.05) is 38.1 Å². The van der Waals surface area contributed by atoms with E-state index in [4.69, 9.17) is 9.84 Å². The molecule has 0 saturated carbocycles. The van der Waals surface area contributed by atoms with Crippen LogP contribution in [0.4, 0.5) is 18.9 Å². The lowest BCUT2D eigenvalue weighted by atomic mass is 9.94. The predicted molar refractivity (Wildman–Crippen MR) is 151 cm³/mol. The molecule has 2 atom stereocenters. The van der Waals surface area contributed by atoms with Crippen molar-refractivity contribution in [2.24, 2.45) is 5.92 Å². The maximum atomic E-state index is 13.0. The Labute approximate surface area is 233 Å². The molecule has 0 heterocycles. The Bertz CT molecular complexity index is 1280. The van der Waals surface area contributed by atoms with Gasteiger partial charge in [0.25, 0.3) is 0 Å². The van der Waals surface area contributed by atoms with Gasteiger partial charge in [-0.25, -0.2) is 0 Å². The molecule has 0 fully saturated rings. The predicted octanol–water partition coefficient (Wildman–Crippen LogP) is 8.33. The van der Waals surface area contributed by atoms with Gasteiger partial charge < -0.3 is 15.2 Å². The van der Waals surface area contributed by atoms with Crippen molar-refractivity contribution in [2.45, 2.75) is 65.6 Å². The Hall–Kier alpha value is -3.81. The number of rotatable bonds is 13. The third kappa shape index (κ3) is 8.34. The van der Waals surface area contributed by atoms with E-state index in [1.165, 1.54) is 12.1 Å². The molecule has 0 bridgehead atoms. The third-order valence-corrected chi connectivity index (χ3v) is 7.12. The first-order valence-corrected chi connectivity index (χ1v) is 13.4. The number of aryl methyl sites for hydroxylation is 2. The van der Waals surface area contributed by atoms with Crippen molar-refractivity contribution in [2.75, 3.05) is 11.9 Å². The zero-order valence-electron chi connectivity index (χ0n) is 23.3. The number of hydrogen-bond acceptors (Lipinski definition) is 4. The van der Waals surface area contributed by atoms with Crippen LogP contribution in [0.5, 0.6) is 5.75 Å². The highest BCUT2D eigenvalue weighted by atomic mass is 19.4. The van der Waals surface area contributed by atoms with E-state index in [9.17, 15) is 22.8 Å². The van der Waals surface area contributed by atoms with Crippen molar-refractivity contribution in [3.8, 4) is 16.9 Å². The second-order valence-electron chi connectivity index (χ2n) is 10.2. The highest BCUT2D eigenvalue weighted by Crippen LogP contribution is 2.34. The van der Waals surface area contributed by atoms with Gasteiger partial charge in [0.05, 0.1) is 11.6 Å². The van der Waals surface area contributed by atoms with E-state index < -0.39 is 17.7 Å². The summed E-state index contributed by atoms with van der Waals surface area (Å²) in [5, 5.41) is 12.3. The van der Waals surface area contributed by atoms with Gasteiger partial charge in [0.15, 0.2) is 5.78 Å². The standard InChI is InChI=1S/C32H36F3NO4/c1-5-20(2)28(36-26-15-11-23(12-16-26)29(37)7-6-8-30(38)39)19-40-27-17-21(3)31(22(4)18-27)24-9-13-25(14-10-24)32(33,34)35/h9-18,20,28,36H,5-8,19H2,1-4H3,(H,38,39)/t20-,28+/m0/s1. The van der Waals surface area contributed by atoms with Crippen molar-refractivity contribution in [1.29, 1.82) is 0 Å². The number of carbonyl (C=O) groups excluding carboxylic acids is 1. The zero-order chi connectivity index (χ0) is 29.4. The third-order valence-electron chi connectivity index (χ3n) is 7.12. The molecule has 3 aromatic rings. The molecule has 0 aliphatic rings. The lowest BCUT2D eigenvalue weighted by Crippen LogP contribution is -2.33. The van der Waals surface area contributed by atoms with Gasteiger partial charge in [-0.15, -0.1) is 0 Å². The quantitative estimate of drug-likeness (QED) is 0.207. The highest BCUT2D eigenvalue weighted by Gasteiger charge is 2.30. The first kappa shape index (κ1) is 30.7. The number of anilines is 1. The Morgan fingerprint density at radius 3 is 2.08 bits per heavy atom. The first-order valence-electron chi connectivity index (χ1n) is 13.4. The van der Waals surface area contributed by atoms with Crippen LogP contribution >= 0.6 is 0 Å². The van der Waals surface area contributed by atoms with E-state index in [1.54, 1.807) is 12.1 Å². The van der Waals surface area contributed by atoms with Gasteiger partial charge in [-0.1, -0.05) is 32.4 Å². The van der Waals surface area contributed by atoms with Gasteiger partial charge in [0.2, 0.25) is 0 Å². The average Bonchev–Trinajstić information content (AvgIpc) is 2.90. The van der Waals surface area contributed by atoms with E-state index in [2.05, 4.69) is 19.2 Å². The molecule has 8 heteroatoms. The fraction of sp³-hybridized carbons (Fsp3) is 0.375. The average molecular weight is 556 g/mol. The second kappa shape index (κ2) is 13.5. The summed E-state index contributed by atoms with van der Waals surface area (Å²) in [6.07, 6.45) is -2.97. The molecule has 2 N–H and O–H groups in total. The molecule has 40 heavy (non-hydrogen) atoms. The van der Waals surface area contributed by atoms with Crippen LogP contribution in [-0.2, 0) is 11.0 Å². The van der Waals surface area contributed by atoms with Gasteiger partial charge in [-0.05, 0) is 97.0 Å². The lowest BCUT2D eigenvalue weighted by Gasteiger charge is -2.26. The van der Waals surface area contributed by atoms with Crippen LogP contribution in [0, 0.1) is 19.8 Å². The Balaban J connectivity index is 1.67. The van der Waals surface area contributed by atoms with E-state index >= 15 is 0 Å². The number of halogens is 3. The number of Topliss-reactive ketones (excluding diaryl/α,β-unsaturated/α-hetero) is 1. The molecule has 0 amide bonds. The number of hydrogen-bond donors (Lipinski definition) is 2. The number of aliphatic carboxylic acids is 1. The SMILES string of the molecule is CC[C@H](C)[C@@H](COc1cc(C)c(-c2ccc(C(F)(F)F)cc2)c(C)c1)Nc1ccc(C(=O)CCCC(=O)O)cc1. The molecular formula is C32H36F3NO4. The largest absolute Gasteiger partial charge is 0.491 e. The van der Waals surface area contributed by atoms with Crippen molar-refractivity contribution < 1.29 is 32.6 Å². The van der Waals surface area contributed by atoms with Crippen molar-refractivity contribution in [1.82, 2.24) is 0 Å². The zero-order valence-corrected chi connectivity index (χ0v) is 23.3. The van der Waals surface area contributed by atoms with Crippen molar-refractivity contribution in [3.05, 3.63) is 82.9 Å². The summed E-state index contributed by atoms with van der Waals surface area (Å²) in [5.41, 5.74) is 4.14. The van der Waals surface area contributed by atoms with Crippen LogP contribution < -0.4 is 10.1 Å². The molecule has 0 aliphatic carbocycles. The smallest absolute Gasteiger partial charge is 0.416 e. The molecule has 3 rings (SSSR count). The molecule has 0 aromatic heterocycles. The minimum atomic E-state index is -4.37. The number of carboxylic acid groups (broad SMARTS) is 1. The number of carboxylic acids is 1. The summed E-state index contributed by atoms with van der Waals surface area (Å²) in [4.78, 5) is 23.0. The highest BCUT2D eigenvalue weighted by molar-refractivity contribution is 5.96. The number of benzene rings is 3. The van der Waals surface area contributed by atoms with Gasteiger partial charge in [-0.2, -0.15) is 13.2 Å². The van der Waals surface area contributed by atoms with Crippen LogP contribution in [-0.4, -0.2) is 29.5 Å². The van der Waals surface area contributed by atoms with Gasteiger partial charge >= 0.3 is 12.1 Å². The fourth-order valence-corrected chi connectivity index (χ4v) is 4.62. The van der Waals surface area contributed by atoms with Gasteiger partial charge in [0.1, 0.15) is 12.4 Å². The summed E-state index contributed by atoms with van der Waals surface area (Å²) in [7, 11) is 0. The minimum absolute atomic E-state index is 0.0164. The molecule has 214 valence electrons. The number of nitrogens with one attached hydrogen (secondary N) is 1. The normalized spacial score (nSPS) is 13.0. The van der Waals surface area contributed by atoms with E-state index in [0.717, 1.165) is 46.5 Å². The van der Waals surface area contributed by atoms with Crippen molar-refractivity contribution >= 4 is 17.4 Å². The molecular weight excluding hydrogens is 519 g/mol. The van der Waals surface area contributed by atoms with E-state index in [-0.39, 0.29) is 30.6 Å². The number of ketones is 1. The lowest BCUT2D eigenvalue weighted by molar-refractivity contribution is -0.138.